The molecule has 0 aliphatic heterocycles. The van der Waals surface area contributed by atoms with E-state index in [4.69, 9.17) is 10.5 Å². The van der Waals surface area contributed by atoms with E-state index < -0.39 is 13.0 Å². The molecule has 2 N–H and O–H groups in total. The number of halogens is 2. The Bertz CT molecular complexity index is 343. The van der Waals surface area contributed by atoms with Crippen LogP contribution in [0.5, 0.6) is 5.88 Å². The van der Waals surface area contributed by atoms with Crippen LogP contribution in [0, 0.1) is 0 Å². The van der Waals surface area contributed by atoms with Gasteiger partial charge in [-0.2, -0.15) is 0 Å². The van der Waals surface area contributed by atoms with E-state index in [2.05, 4.69) is 4.98 Å². The Labute approximate surface area is 93.6 Å². The number of alkyl halides is 2. The van der Waals surface area contributed by atoms with Gasteiger partial charge in [0, 0.05) is 18.3 Å². The van der Waals surface area contributed by atoms with Crippen molar-refractivity contribution >= 4 is 0 Å². The van der Waals surface area contributed by atoms with Gasteiger partial charge in [0.25, 0.3) is 6.43 Å². The predicted molar refractivity (Wildman–Crippen MR) is 57.7 cm³/mol. The molecular formula is C11H16F2N2O. The van der Waals surface area contributed by atoms with Gasteiger partial charge in [-0.05, 0) is 17.5 Å². The molecule has 0 saturated heterocycles. The van der Waals surface area contributed by atoms with Crippen LogP contribution in [0.3, 0.4) is 0 Å². The van der Waals surface area contributed by atoms with Gasteiger partial charge >= 0.3 is 0 Å². The summed E-state index contributed by atoms with van der Waals surface area (Å²) in [6.45, 7) is 3.65. The number of ether oxygens (including phenoxy) is 1. The molecule has 0 saturated carbocycles. The second kappa shape index (κ2) is 5.75. The highest BCUT2D eigenvalue weighted by Crippen LogP contribution is 2.25. The minimum Gasteiger partial charge on any atom is -0.471 e. The SMILES string of the molecule is CC(C)c1cc(CN)cnc1OCC(F)F. The standard InChI is InChI=1S/C11H16F2N2O/c1-7(2)9-3-8(4-14)5-15-11(9)16-6-10(12)13/h3,5,7,10H,4,6,14H2,1-2H3. The molecule has 0 radical (unpaired) electrons. The Kier molecular flexibility index (Phi) is 4.61. The summed E-state index contributed by atoms with van der Waals surface area (Å²) in [6, 6.07) is 1.85. The summed E-state index contributed by atoms with van der Waals surface area (Å²) in [5.41, 5.74) is 7.17. The molecule has 1 heterocycles. The quantitative estimate of drug-likeness (QED) is 0.844. The van der Waals surface area contributed by atoms with Gasteiger partial charge in [-0.25, -0.2) is 13.8 Å². The molecule has 0 aromatic carbocycles. The zero-order valence-corrected chi connectivity index (χ0v) is 9.41. The second-order valence-corrected chi connectivity index (χ2v) is 3.80. The fraction of sp³-hybridized carbons (Fsp3) is 0.545. The third-order valence-corrected chi connectivity index (χ3v) is 2.14. The maximum atomic E-state index is 12.0. The molecule has 0 unspecified atom stereocenters. The van der Waals surface area contributed by atoms with Gasteiger partial charge in [-0.3, -0.25) is 0 Å². The Hall–Kier alpha value is -1.23. The fourth-order valence-electron chi connectivity index (χ4n) is 1.30. The van der Waals surface area contributed by atoms with Crippen molar-refractivity contribution in [2.45, 2.75) is 32.7 Å². The fourth-order valence-corrected chi connectivity index (χ4v) is 1.30. The monoisotopic (exact) mass is 230 g/mol. The summed E-state index contributed by atoms with van der Waals surface area (Å²) in [7, 11) is 0. The van der Waals surface area contributed by atoms with Crippen LogP contribution in [-0.2, 0) is 6.54 Å². The van der Waals surface area contributed by atoms with E-state index in [1.807, 2.05) is 19.9 Å². The summed E-state index contributed by atoms with van der Waals surface area (Å²) in [5.74, 6) is 0.430. The molecule has 0 aliphatic rings. The molecule has 0 spiro atoms. The summed E-state index contributed by atoms with van der Waals surface area (Å²) in [6.07, 6.45) is -0.942. The number of nitrogens with two attached hydrogens (primary N) is 1. The van der Waals surface area contributed by atoms with Crippen LogP contribution in [0.15, 0.2) is 12.3 Å². The highest BCUT2D eigenvalue weighted by Gasteiger charge is 2.12. The number of aromatic nitrogens is 1. The second-order valence-electron chi connectivity index (χ2n) is 3.80. The number of rotatable bonds is 5. The molecule has 1 aromatic rings. The third kappa shape index (κ3) is 3.41. The Morgan fingerprint density at radius 1 is 1.44 bits per heavy atom. The highest BCUT2D eigenvalue weighted by molar-refractivity contribution is 5.32. The number of hydrogen-bond acceptors (Lipinski definition) is 3. The van der Waals surface area contributed by atoms with Crippen molar-refractivity contribution in [3.8, 4) is 5.88 Å². The maximum absolute atomic E-state index is 12.0. The number of hydrogen-bond donors (Lipinski definition) is 1. The Morgan fingerprint density at radius 2 is 2.12 bits per heavy atom. The van der Waals surface area contributed by atoms with Crippen molar-refractivity contribution in [3.63, 3.8) is 0 Å². The molecule has 0 amide bonds. The summed E-state index contributed by atoms with van der Waals surface area (Å²) in [5, 5.41) is 0. The van der Waals surface area contributed by atoms with Gasteiger partial charge in [0.1, 0.15) is 0 Å². The van der Waals surface area contributed by atoms with Crippen molar-refractivity contribution in [3.05, 3.63) is 23.4 Å². The molecule has 16 heavy (non-hydrogen) atoms. The number of pyridine rings is 1. The minimum absolute atomic E-state index is 0.159. The van der Waals surface area contributed by atoms with Gasteiger partial charge < -0.3 is 10.5 Å². The van der Waals surface area contributed by atoms with E-state index in [0.29, 0.717) is 6.54 Å². The summed E-state index contributed by atoms with van der Waals surface area (Å²) < 4.78 is 29.0. The normalized spacial score (nSPS) is 11.2. The molecular weight excluding hydrogens is 214 g/mol. The first kappa shape index (κ1) is 12.8. The lowest BCUT2D eigenvalue weighted by atomic mass is 10.0. The van der Waals surface area contributed by atoms with Crippen LogP contribution >= 0.6 is 0 Å². The molecule has 0 fully saturated rings. The van der Waals surface area contributed by atoms with Crippen LogP contribution < -0.4 is 10.5 Å². The Morgan fingerprint density at radius 3 is 2.62 bits per heavy atom. The summed E-state index contributed by atoms with van der Waals surface area (Å²) >= 11 is 0. The summed E-state index contributed by atoms with van der Waals surface area (Å²) in [4.78, 5) is 4.01. The van der Waals surface area contributed by atoms with E-state index in [0.717, 1.165) is 11.1 Å². The van der Waals surface area contributed by atoms with E-state index in [9.17, 15) is 8.78 Å². The van der Waals surface area contributed by atoms with E-state index in [1.54, 1.807) is 6.20 Å². The van der Waals surface area contributed by atoms with Crippen LogP contribution in [0.1, 0.15) is 30.9 Å². The average molecular weight is 230 g/mol. The van der Waals surface area contributed by atoms with Gasteiger partial charge in [0.15, 0.2) is 6.61 Å². The van der Waals surface area contributed by atoms with E-state index >= 15 is 0 Å². The molecule has 0 bridgehead atoms. The van der Waals surface area contributed by atoms with Crippen molar-refractivity contribution in [2.24, 2.45) is 5.73 Å². The molecule has 3 nitrogen and oxygen atoms in total. The van der Waals surface area contributed by atoms with Gasteiger partial charge in [0.05, 0.1) is 0 Å². The van der Waals surface area contributed by atoms with Crippen molar-refractivity contribution in [1.82, 2.24) is 4.98 Å². The van der Waals surface area contributed by atoms with Gasteiger partial charge in [-0.1, -0.05) is 13.8 Å². The Balaban J connectivity index is 2.89. The smallest absolute Gasteiger partial charge is 0.272 e. The van der Waals surface area contributed by atoms with Gasteiger partial charge in [0.2, 0.25) is 5.88 Å². The highest BCUT2D eigenvalue weighted by atomic mass is 19.3. The molecule has 1 rings (SSSR count). The minimum atomic E-state index is -2.49. The predicted octanol–water partition coefficient (Wildman–Crippen LogP) is 2.31. The molecule has 1 aromatic heterocycles. The molecule has 0 aliphatic carbocycles. The molecule has 0 atom stereocenters. The maximum Gasteiger partial charge on any atom is 0.272 e. The lowest BCUT2D eigenvalue weighted by Crippen LogP contribution is -2.11. The van der Waals surface area contributed by atoms with Gasteiger partial charge in [-0.15, -0.1) is 0 Å². The van der Waals surface area contributed by atoms with E-state index in [1.165, 1.54) is 0 Å². The van der Waals surface area contributed by atoms with Crippen molar-refractivity contribution < 1.29 is 13.5 Å². The van der Waals surface area contributed by atoms with Crippen molar-refractivity contribution in [1.29, 1.82) is 0 Å². The first-order chi connectivity index (χ1) is 7.54. The first-order valence-electron chi connectivity index (χ1n) is 5.14. The lowest BCUT2D eigenvalue weighted by molar-refractivity contribution is 0.0789. The average Bonchev–Trinajstić information content (AvgIpc) is 2.25. The van der Waals surface area contributed by atoms with Crippen LogP contribution in [0.25, 0.3) is 0 Å². The van der Waals surface area contributed by atoms with Crippen LogP contribution in [-0.4, -0.2) is 18.0 Å². The molecule has 90 valence electrons. The lowest BCUT2D eigenvalue weighted by Gasteiger charge is -2.13. The third-order valence-electron chi connectivity index (χ3n) is 2.14. The molecule has 5 heteroatoms. The zero-order chi connectivity index (χ0) is 12.1. The first-order valence-corrected chi connectivity index (χ1v) is 5.14. The zero-order valence-electron chi connectivity index (χ0n) is 9.41. The van der Waals surface area contributed by atoms with Crippen LogP contribution in [0.4, 0.5) is 8.78 Å². The topological polar surface area (TPSA) is 48.1 Å². The largest absolute Gasteiger partial charge is 0.471 e. The van der Waals surface area contributed by atoms with Crippen molar-refractivity contribution in [2.75, 3.05) is 6.61 Å². The van der Waals surface area contributed by atoms with E-state index in [-0.39, 0.29) is 11.8 Å². The number of nitrogens with zero attached hydrogens (tertiary/aromatic N) is 1. The van der Waals surface area contributed by atoms with Crippen LogP contribution in [0.2, 0.25) is 0 Å².